The van der Waals surface area contributed by atoms with E-state index in [1.54, 1.807) is 0 Å². The van der Waals surface area contributed by atoms with Crippen LogP contribution in [0.1, 0.15) is 52.4 Å². The average molecular weight is 298 g/mol. The van der Waals surface area contributed by atoms with Crippen molar-refractivity contribution in [3.63, 3.8) is 0 Å². The molecule has 2 rings (SSSR count). The highest BCUT2D eigenvalue weighted by atomic mass is 35.5. The minimum Gasteiger partial charge on any atom is -0.354 e. The SMILES string of the molecule is CCCNc1nc(Cl)nc(NC2CCCC(CC)C2)n1. The van der Waals surface area contributed by atoms with Crippen LogP contribution in [0.3, 0.4) is 0 Å². The van der Waals surface area contributed by atoms with Gasteiger partial charge >= 0.3 is 0 Å². The van der Waals surface area contributed by atoms with Gasteiger partial charge in [0.25, 0.3) is 0 Å². The van der Waals surface area contributed by atoms with Gasteiger partial charge < -0.3 is 10.6 Å². The Bertz CT molecular complexity index is 426. The van der Waals surface area contributed by atoms with Crippen LogP contribution in [0.4, 0.5) is 11.9 Å². The van der Waals surface area contributed by atoms with Crippen molar-refractivity contribution in [2.75, 3.05) is 17.2 Å². The molecule has 112 valence electrons. The smallest absolute Gasteiger partial charge is 0.229 e. The highest BCUT2D eigenvalue weighted by Gasteiger charge is 2.21. The number of aromatic nitrogens is 3. The predicted octanol–water partition coefficient (Wildman–Crippen LogP) is 3.73. The third-order valence-corrected chi connectivity index (χ3v) is 4.00. The van der Waals surface area contributed by atoms with Gasteiger partial charge in [0.05, 0.1) is 0 Å². The number of nitrogens with zero attached hydrogens (tertiary/aromatic N) is 3. The first-order valence-corrected chi connectivity index (χ1v) is 8.01. The van der Waals surface area contributed by atoms with Crippen molar-refractivity contribution in [1.29, 1.82) is 0 Å². The van der Waals surface area contributed by atoms with Crippen molar-refractivity contribution in [3.05, 3.63) is 5.28 Å². The summed E-state index contributed by atoms with van der Waals surface area (Å²) in [6.45, 7) is 5.20. The normalized spacial score (nSPS) is 22.6. The molecule has 0 saturated heterocycles. The van der Waals surface area contributed by atoms with Gasteiger partial charge in [0.15, 0.2) is 0 Å². The highest BCUT2D eigenvalue weighted by molar-refractivity contribution is 6.28. The molecule has 1 saturated carbocycles. The zero-order chi connectivity index (χ0) is 14.4. The second-order valence-electron chi connectivity index (χ2n) is 5.46. The summed E-state index contributed by atoms with van der Waals surface area (Å²) in [5.41, 5.74) is 0. The van der Waals surface area contributed by atoms with E-state index in [0.29, 0.717) is 17.9 Å². The largest absolute Gasteiger partial charge is 0.354 e. The molecule has 1 heterocycles. The monoisotopic (exact) mass is 297 g/mol. The summed E-state index contributed by atoms with van der Waals surface area (Å²) in [5.74, 6) is 1.96. The molecule has 0 spiro atoms. The zero-order valence-corrected chi connectivity index (χ0v) is 13.1. The molecule has 0 bridgehead atoms. The summed E-state index contributed by atoms with van der Waals surface area (Å²) in [7, 11) is 0. The molecule has 1 fully saturated rings. The number of hydrogen-bond acceptors (Lipinski definition) is 5. The molecule has 1 aromatic heterocycles. The Morgan fingerprint density at radius 3 is 2.70 bits per heavy atom. The summed E-state index contributed by atoms with van der Waals surface area (Å²) in [6, 6.07) is 0.450. The molecular formula is C14H24ClN5. The van der Waals surface area contributed by atoms with Crippen LogP contribution in [0.15, 0.2) is 0 Å². The van der Waals surface area contributed by atoms with E-state index < -0.39 is 0 Å². The van der Waals surface area contributed by atoms with Crippen LogP contribution in [0.25, 0.3) is 0 Å². The van der Waals surface area contributed by atoms with Gasteiger partial charge in [-0.15, -0.1) is 0 Å². The molecule has 0 amide bonds. The fourth-order valence-corrected chi connectivity index (χ4v) is 2.87. The number of hydrogen-bond donors (Lipinski definition) is 2. The quantitative estimate of drug-likeness (QED) is 0.838. The van der Waals surface area contributed by atoms with Crippen LogP contribution in [-0.4, -0.2) is 27.5 Å². The van der Waals surface area contributed by atoms with Gasteiger partial charge in [0, 0.05) is 12.6 Å². The Labute approximate surface area is 126 Å². The molecule has 20 heavy (non-hydrogen) atoms. The summed E-state index contributed by atoms with van der Waals surface area (Å²) in [5, 5.41) is 6.80. The van der Waals surface area contributed by atoms with Gasteiger partial charge in [0.1, 0.15) is 0 Å². The molecule has 6 heteroatoms. The maximum absolute atomic E-state index is 5.96. The van der Waals surface area contributed by atoms with Crippen LogP contribution in [0, 0.1) is 5.92 Å². The minimum absolute atomic E-state index is 0.240. The van der Waals surface area contributed by atoms with Crippen LogP contribution < -0.4 is 10.6 Å². The fraction of sp³-hybridized carbons (Fsp3) is 0.786. The van der Waals surface area contributed by atoms with Crippen molar-refractivity contribution in [3.8, 4) is 0 Å². The van der Waals surface area contributed by atoms with Gasteiger partial charge in [0.2, 0.25) is 17.2 Å². The molecule has 2 unspecified atom stereocenters. The Hall–Kier alpha value is -1.10. The first-order valence-electron chi connectivity index (χ1n) is 7.63. The molecule has 2 N–H and O–H groups in total. The lowest BCUT2D eigenvalue weighted by Gasteiger charge is -2.29. The van der Waals surface area contributed by atoms with Gasteiger partial charge in [-0.25, -0.2) is 0 Å². The lowest BCUT2D eigenvalue weighted by Crippen LogP contribution is -2.28. The van der Waals surface area contributed by atoms with Crippen molar-refractivity contribution >= 4 is 23.5 Å². The summed E-state index contributed by atoms with van der Waals surface area (Å²) in [6.07, 6.45) is 7.26. The van der Waals surface area contributed by atoms with E-state index in [1.165, 1.54) is 32.1 Å². The van der Waals surface area contributed by atoms with Gasteiger partial charge in [-0.05, 0) is 36.8 Å². The fourth-order valence-electron chi connectivity index (χ4n) is 2.71. The number of nitrogens with one attached hydrogen (secondary N) is 2. The second-order valence-corrected chi connectivity index (χ2v) is 5.80. The third kappa shape index (κ3) is 4.47. The molecule has 0 radical (unpaired) electrons. The molecule has 1 aromatic rings. The van der Waals surface area contributed by atoms with E-state index in [1.807, 2.05) is 0 Å². The molecule has 0 aliphatic heterocycles. The summed E-state index contributed by atoms with van der Waals surface area (Å²) >= 11 is 5.96. The van der Waals surface area contributed by atoms with Crippen LogP contribution in [0.2, 0.25) is 5.28 Å². The van der Waals surface area contributed by atoms with Crippen LogP contribution >= 0.6 is 11.6 Å². The van der Waals surface area contributed by atoms with Gasteiger partial charge in [-0.3, -0.25) is 0 Å². The van der Waals surface area contributed by atoms with E-state index in [0.717, 1.165) is 18.9 Å². The molecule has 1 aliphatic carbocycles. The standard InChI is InChI=1S/C14H24ClN5/c1-3-8-16-13-18-12(15)19-14(20-13)17-11-7-5-6-10(4-2)9-11/h10-11H,3-9H2,1-2H3,(H2,16,17,18,19,20). The average Bonchev–Trinajstić information content (AvgIpc) is 2.44. The lowest BCUT2D eigenvalue weighted by molar-refractivity contribution is 0.326. The van der Waals surface area contributed by atoms with E-state index in [-0.39, 0.29) is 5.28 Å². The first kappa shape index (κ1) is 15.3. The highest BCUT2D eigenvalue weighted by Crippen LogP contribution is 2.28. The second kappa shape index (κ2) is 7.62. The Kier molecular flexibility index (Phi) is 5.83. The maximum Gasteiger partial charge on any atom is 0.229 e. The van der Waals surface area contributed by atoms with Crippen molar-refractivity contribution in [1.82, 2.24) is 15.0 Å². The van der Waals surface area contributed by atoms with Crippen LogP contribution in [-0.2, 0) is 0 Å². The van der Waals surface area contributed by atoms with Crippen molar-refractivity contribution < 1.29 is 0 Å². The molecular weight excluding hydrogens is 274 g/mol. The first-order chi connectivity index (χ1) is 9.71. The molecule has 0 aromatic carbocycles. The summed E-state index contributed by atoms with van der Waals surface area (Å²) in [4.78, 5) is 12.7. The predicted molar refractivity (Wildman–Crippen MR) is 83.3 cm³/mol. The van der Waals surface area contributed by atoms with Crippen LogP contribution in [0.5, 0.6) is 0 Å². The molecule has 5 nitrogen and oxygen atoms in total. The van der Waals surface area contributed by atoms with E-state index in [4.69, 9.17) is 11.6 Å². The Morgan fingerprint density at radius 1 is 1.15 bits per heavy atom. The topological polar surface area (TPSA) is 62.7 Å². The van der Waals surface area contributed by atoms with E-state index in [9.17, 15) is 0 Å². The number of anilines is 2. The minimum atomic E-state index is 0.240. The van der Waals surface area contributed by atoms with Crippen molar-refractivity contribution in [2.45, 2.75) is 58.4 Å². The van der Waals surface area contributed by atoms with Crippen molar-refractivity contribution in [2.24, 2.45) is 5.92 Å². The van der Waals surface area contributed by atoms with Gasteiger partial charge in [-0.1, -0.05) is 33.1 Å². The summed E-state index contributed by atoms with van der Waals surface area (Å²) < 4.78 is 0. The molecule has 2 atom stereocenters. The number of halogens is 1. The zero-order valence-electron chi connectivity index (χ0n) is 12.3. The number of rotatable bonds is 6. The Balaban J connectivity index is 1.99. The Morgan fingerprint density at radius 2 is 1.95 bits per heavy atom. The van der Waals surface area contributed by atoms with Gasteiger partial charge in [-0.2, -0.15) is 15.0 Å². The lowest BCUT2D eigenvalue weighted by atomic mass is 9.84. The third-order valence-electron chi connectivity index (χ3n) is 3.83. The van der Waals surface area contributed by atoms with E-state index in [2.05, 4.69) is 39.4 Å². The molecule has 1 aliphatic rings. The maximum atomic E-state index is 5.96. The van der Waals surface area contributed by atoms with E-state index >= 15 is 0 Å².